The fourth-order valence-electron chi connectivity index (χ4n) is 2.61. The van der Waals surface area contributed by atoms with E-state index in [1.807, 2.05) is 35.8 Å². The number of imidazole rings is 1. The van der Waals surface area contributed by atoms with Crippen LogP contribution in [-0.4, -0.2) is 32.9 Å². The number of ether oxygens (including phenoxy) is 1. The molecule has 1 aromatic heterocycles. The standard InChI is InChI=1S/C17H17N5O4/c1-3-21-14-7-5-4-6-13(14)19-17(21)20-18-10-11-8-12(26-2)9-15(16(11)23)22(24)25/h4-10,23H,3H2,1-2H3,(H,19,20)/b18-10-. The first-order valence-corrected chi connectivity index (χ1v) is 7.85. The predicted octanol–water partition coefficient (Wildman–Crippen LogP) is 3.12. The Morgan fingerprint density at radius 2 is 2.19 bits per heavy atom. The number of phenolic OH excluding ortho intramolecular Hbond substituents is 1. The third-order valence-electron chi connectivity index (χ3n) is 3.86. The van der Waals surface area contributed by atoms with Crippen molar-refractivity contribution in [2.45, 2.75) is 13.5 Å². The first-order chi connectivity index (χ1) is 12.5. The number of nitro benzene ring substituents is 1. The Balaban J connectivity index is 1.92. The van der Waals surface area contributed by atoms with Crippen LogP contribution in [0, 0.1) is 10.1 Å². The van der Waals surface area contributed by atoms with Gasteiger partial charge >= 0.3 is 5.69 Å². The average molecular weight is 355 g/mol. The maximum atomic E-state index is 11.0. The number of hydrazone groups is 1. The summed E-state index contributed by atoms with van der Waals surface area (Å²) in [7, 11) is 1.39. The first kappa shape index (κ1) is 17.2. The smallest absolute Gasteiger partial charge is 0.315 e. The number of phenols is 1. The number of para-hydroxylation sites is 2. The Bertz CT molecular complexity index is 996. The molecule has 0 fully saturated rings. The van der Waals surface area contributed by atoms with Crippen molar-refractivity contribution >= 4 is 28.9 Å². The van der Waals surface area contributed by atoms with Crippen molar-refractivity contribution in [1.29, 1.82) is 0 Å². The summed E-state index contributed by atoms with van der Waals surface area (Å²) in [6.07, 6.45) is 1.28. The van der Waals surface area contributed by atoms with Crippen molar-refractivity contribution in [1.82, 2.24) is 9.55 Å². The van der Waals surface area contributed by atoms with Crippen LogP contribution in [0.5, 0.6) is 11.5 Å². The summed E-state index contributed by atoms with van der Waals surface area (Å²) < 4.78 is 6.97. The largest absolute Gasteiger partial charge is 0.502 e. The van der Waals surface area contributed by atoms with Crippen LogP contribution in [0.4, 0.5) is 11.6 Å². The number of methoxy groups -OCH3 is 1. The Kier molecular flexibility index (Phi) is 4.70. The molecule has 3 aromatic rings. The summed E-state index contributed by atoms with van der Waals surface area (Å²) in [5.41, 5.74) is 4.31. The second-order valence-corrected chi connectivity index (χ2v) is 5.38. The molecule has 0 unspecified atom stereocenters. The zero-order valence-electron chi connectivity index (χ0n) is 14.2. The van der Waals surface area contributed by atoms with Crippen LogP contribution >= 0.6 is 0 Å². The third kappa shape index (κ3) is 3.14. The molecule has 0 saturated heterocycles. The molecule has 134 valence electrons. The Morgan fingerprint density at radius 3 is 2.88 bits per heavy atom. The lowest BCUT2D eigenvalue weighted by atomic mass is 10.1. The van der Waals surface area contributed by atoms with Crippen LogP contribution < -0.4 is 10.2 Å². The molecule has 0 saturated carbocycles. The fourth-order valence-corrected chi connectivity index (χ4v) is 2.61. The van der Waals surface area contributed by atoms with Gasteiger partial charge in [0.2, 0.25) is 11.7 Å². The number of hydrogen-bond donors (Lipinski definition) is 2. The minimum atomic E-state index is -0.681. The highest BCUT2D eigenvalue weighted by atomic mass is 16.6. The van der Waals surface area contributed by atoms with E-state index in [-0.39, 0.29) is 11.3 Å². The number of nitro groups is 1. The molecule has 9 nitrogen and oxygen atoms in total. The van der Waals surface area contributed by atoms with Crippen LogP contribution in [0.2, 0.25) is 0 Å². The number of nitrogens with zero attached hydrogens (tertiary/aromatic N) is 4. The van der Waals surface area contributed by atoms with Gasteiger partial charge in [0.1, 0.15) is 5.75 Å². The molecule has 0 aliphatic carbocycles. The van der Waals surface area contributed by atoms with E-state index in [0.29, 0.717) is 12.5 Å². The van der Waals surface area contributed by atoms with Crippen molar-refractivity contribution in [3.05, 3.63) is 52.1 Å². The van der Waals surface area contributed by atoms with Gasteiger partial charge in [0.25, 0.3) is 0 Å². The van der Waals surface area contributed by atoms with Crippen LogP contribution in [0.25, 0.3) is 11.0 Å². The molecular formula is C17H17N5O4. The molecule has 2 N–H and O–H groups in total. The number of aromatic hydroxyl groups is 1. The summed E-state index contributed by atoms with van der Waals surface area (Å²) in [4.78, 5) is 14.8. The van der Waals surface area contributed by atoms with E-state index < -0.39 is 16.4 Å². The van der Waals surface area contributed by atoms with E-state index in [0.717, 1.165) is 17.1 Å². The quantitative estimate of drug-likeness (QED) is 0.399. The number of rotatable bonds is 6. The van der Waals surface area contributed by atoms with Crippen molar-refractivity contribution in [3.8, 4) is 11.5 Å². The van der Waals surface area contributed by atoms with Gasteiger partial charge in [-0.15, -0.1) is 0 Å². The molecule has 2 aromatic carbocycles. The van der Waals surface area contributed by atoms with Crippen LogP contribution in [0.15, 0.2) is 41.5 Å². The molecule has 0 amide bonds. The van der Waals surface area contributed by atoms with E-state index in [2.05, 4.69) is 15.5 Å². The van der Waals surface area contributed by atoms with E-state index in [1.54, 1.807) is 0 Å². The van der Waals surface area contributed by atoms with Gasteiger partial charge in [-0.1, -0.05) is 12.1 Å². The van der Waals surface area contributed by atoms with Gasteiger partial charge in [-0.25, -0.2) is 10.4 Å². The van der Waals surface area contributed by atoms with Gasteiger partial charge in [-0.05, 0) is 25.1 Å². The number of aryl methyl sites for hydroxylation is 1. The molecule has 3 rings (SSSR count). The van der Waals surface area contributed by atoms with Gasteiger partial charge in [0.15, 0.2) is 0 Å². The molecule has 0 aliphatic rings. The molecular weight excluding hydrogens is 338 g/mol. The molecule has 26 heavy (non-hydrogen) atoms. The fraction of sp³-hybridized carbons (Fsp3) is 0.176. The van der Waals surface area contributed by atoms with Crippen molar-refractivity contribution in [3.63, 3.8) is 0 Å². The summed E-state index contributed by atoms with van der Waals surface area (Å²) >= 11 is 0. The third-order valence-corrected chi connectivity index (χ3v) is 3.86. The minimum absolute atomic E-state index is 0.155. The van der Waals surface area contributed by atoms with Crippen LogP contribution in [0.1, 0.15) is 12.5 Å². The average Bonchev–Trinajstić information content (AvgIpc) is 3.00. The number of anilines is 1. The lowest BCUT2D eigenvalue weighted by molar-refractivity contribution is -0.385. The number of fused-ring (bicyclic) bond motifs is 1. The van der Waals surface area contributed by atoms with Crippen LogP contribution in [0.3, 0.4) is 0 Å². The minimum Gasteiger partial charge on any atom is -0.502 e. The number of benzene rings is 2. The van der Waals surface area contributed by atoms with E-state index in [4.69, 9.17) is 4.74 Å². The highest BCUT2D eigenvalue weighted by molar-refractivity contribution is 5.87. The Labute approximate surface area is 148 Å². The van der Waals surface area contributed by atoms with Crippen LogP contribution in [-0.2, 0) is 6.54 Å². The Morgan fingerprint density at radius 1 is 1.42 bits per heavy atom. The number of hydrogen-bond acceptors (Lipinski definition) is 7. The Hall–Kier alpha value is -3.62. The second-order valence-electron chi connectivity index (χ2n) is 5.38. The SMILES string of the molecule is CCn1c(N/N=C\c2cc(OC)cc([N+](=O)[O-])c2O)nc2ccccc21. The van der Waals surface area contributed by atoms with E-state index in [9.17, 15) is 15.2 Å². The van der Waals surface area contributed by atoms with Gasteiger partial charge in [-0.3, -0.25) is 10.1 Å². The first-order valence-electron chi connectivity index (χ1n) is 7.85. The normalized spacial score (nSPS) is 11.2. The van der Waals surface area contributed by atoms with Gasteiger partial charge in [0, 0.05) is 12.1 Å². The zero-order valence-corrected chi connectivity index (χ0v) is 14.2. The lowest BCUT2D eigenvalue weighted by Crippen LogP contribution is -2.02. The molecule has 0 spiro atoms. The summed E-state index contributed by atoms with van der Waals surface area (Å²) in [5.74, 6) is 0.295. The maximum Gasteiger partial charge on any atom is 0.315 e. The zero-order chi connectivity index (χ0) is 18.7. The topological polar surface area (TPSA) is 115 Å². The predicted molar refractivity (Wildman–Crippen MR) is 97.9 cm³/mol. The van der Waals surface area contributed by atoms with Crippen molar-refractivity contribution < 1.29 is 14.8 Å². The lowest BCUT2D eigenvalue weighted by Gasteiger charge is -2.06. The number of aromatic nitrogens is 2. The number of nitrogens with one attached hydrogen (secondary N) is 1. The van der Waals surface area contributed by atoms with E-state index in [1.165, 1.54) is 19.4 Å². The molecule has 1 heterocycles. The van der Waals surface area contributed by atoms with E-state index >= 15 is 0 Å². The highest BCUT2D eigenvalue weighted by Crippen LogP contribution is 2.33. The van der Waals surface area contributed by atoms with Gasteiger partial charge in [-0.2, -0.15) is 5.10 Å². The monoisotopic (exact) mass is 355 g/mol. The molecule has 0 bridgehead atoms. The molecule has 9 heteroatoms. The maximum absolute atomic E-state index is 11.0. The summed E-state index contributed by atoms with van der Waals surface area (Å²) in [5, 5.41) is 25.1. The second kappa shape index (κ2) is 7.09. The molecule has 0 aliphatic heterocycles. The summed E-state index contributed by atoms with van der Waals surface area (Å²) in [6.45, 7) is 2.68. The van der Waals surface area contributed by atoms with Gasteiger partial charge in [0.05, 0.1) is 35.3 Å². The molecule has 0 atom stereocenters. The van der Waals surface area contributed by atoms with Crippen molar-refractivity contribution in [2.75, 3.05) is 12.5 Å². The van der Waals surface area contributed by atoms with Gasteiger partial charge < -0.3 is 14.4 Å². The highest BCUT2D eigenvalue weighted by Gasteiger charge is 2.18. The van der Waals surface area contributed by atoms with Crippen molar-refractivity contribution in [2.24, 2.45) is 5.10 Å². The summed E-state index contributed by atoms with van der Waals surface area (Å²) in [6, 6.07) is 10.3. The molecule has 0 radical (unpaired) electrons.